The van der Waals surface area contributed by atoms with Crippen LogP contribution < -0.4 is 5.32 Å². The number of nitro benzene ring substituents is 1. The van der Waals surface area contributed by atoms with E-state index in [1.165, 1.54) is 25.3 Å². The maximum absolute atomic E-state index is 12.5. The van der Waals surface area contributed by atoms with E-state index in [4.69, 9.17) is 0 Å². The Kier molecular flexibility index (Phi) is 6.44. The Labute approximate surface area is 154 Å². The number of urea groups is 1. The molecular weight excluding hydrogens is 332 g/mol. The molecule has 2 amide bonds. The van der Waals surface area contributed by atoms with Crippen LogP contribution in [-0.4, -0.2) is 53.0 Å². The molecule has 1 aromatic rings. The third kappa shape index (κ3) is 5.17. The molecule has 0 radical (unpaired) electrons. The Balaban J connectivity index is 1.50. The number of hydrogen-bond donors (Lipinski definition) is 1. The number of benzene rings is 1. The average Bonchev–Trinajstić information content (AvgIpc) is 2.88. The molecule has 0 bridgehead atoms. The van der Waals surface area contributed by atoms with Crippen LogP contribution in [0, 0.1) is 10.1 Å². The first-order chi connectivity index (χ1) is 12.6. The highest BCUT2D eigenvalue weighted by molar-refractivity contribution is 5.74. The first-order valence-corrected chi connectivity index (χ1v) is 9.63. The third-order valence-corrected chi connectivity index (χ3v) is 5.34. The van der Waals surface area contributed by atoms with Gasteiger partial charge in [-0.1, -0.05) is 31.4 Å². The minimum Gasteiger partial charge on any atom is -0.335 e. The number of carbonyl (C=O) groups is 1. The summed E-state index contributed by atoms with van der Waals surface area (Å²) in [6, 6.07) is 7.21. The maximum Gasteiger partial charge on any atom is 0.317 e. The zero-order chi connectivity index (χ0) is 18.4. The fourth-order valence-electron chi connectivity index (χ4n) is 3.87. The van der Waals surface area contributed by atoms with Crippen LogP contribution in [0.25, 0.3) is 0 Å². The van der Waals surface area contributed by atoms with Gasteiger partial charge in [0.1, 0.15) is 0 Å². The third-order valence-electron chi connectivity index (χ3n) is 5.34. The number of hydrogen-bond acceptors (Lipinski definition) is 4. The summed E-state index contributed by atoms with van der Waals surface area (Å²) < 4.78 is 0. The lowest BCUT2D eigenvalue weighted by Gasteiger charge is -2.27. The lowest BCUT2D eigenvalue weighted by molar-refractivity contribution is -0.384. The monoisotopic (exact) mass is 360 g/mol. The Morgan fingerprint density at radius 3 is 2.69 bits per heavy atom. The number of nitro groups is 1. The Bertz CT molecular complexity index is 631. The molecule has 1 N–H and O–H groups in total. The van der Waals surface area contributed by atoms with E-state index >= 15 is 0 Å². The summed E-state index contributed by atoms with van der Waals surface area (Å²) in [5, 5.41) is 14.1. The number of nitrogens with one attached hydrogen (secondary N) is 1. The van der Waals surface area contributed by atoms with Crippen LogP contribution in [0.5, 0.6) is 0 Å². The van der Waals surface area contributed by atoms with Crippen molar-refractivity contribution in [1.29, 1.82) is 0 Å². The van der Waals surface area contributed by atoms with Crippen LogP contribution in [0.2, 0.25) is 0 Å². The van der Waals surface area contributed by atoms with Crippen LogP contribution in [0.3, 0.4) is 0 Å². The van der Waals surface area contributed by atoms with Gasteiger partial charge in [-0.2, -0.15) is 0 Å². The summed E-state index contributed by atoms with van der Waals surface area (Å²) in [6.45, 7) is 3.84. The van der Waals surface area contributed by atoms with Crippen LogP contribution in [0.1, 0.15) is 44.1 Å². The molecule has 0 aromatic heterocycles. The van der Waals surface area contributed by atoms with Crippen molar-refractivity contribution in [3.63, 3.8) is 0 Å². The van der Waals surface area contributed by atoms with Gasteiger partial charge in [-0.25, -0.2) is 4.79 Å². The molecule has 7 heteroatoms. The average molecular weight is 360 g/mol. The van der Waals surface area contributed by atoms with Crippen LogP contribution in [0.4, 0.5) is 10.5 Å². The molecule has 2 aliphatic rings. The van der Waals surface area contributed by atoms with E-state index in [0.29, 0.717) is 19.1 Å². The minimum absolute atomic E-state index is 0.0640. The van der Waals surface area contributed by atoms with Crippen molar-refractivity contribution in [2.45, 2.75) is 51.1 Å². The lowest BCUT2D eigenvalue weighted by Crippen LogP contribution is -2.46. The number of rotatable bonds is 4. The molecule has 1 aromatic carbocycles. The van der Waals surface area contributed by atoms with Crippen molar-refractivity contribution in [2.75, 3.05) is 26.2 Å². The van der Waals surface area contributed by atoms with Crippen molar-refractivity contribution in [2.24, 2.45) is 0 Å². The maximum atomic E-state index is 12.5. The van der Waals surface area contributed by atoms with Gasteiger partial charge in [-0.05, 0) is 24.8 Å². The van der Waals surface area contributed by atoms with Crippen molar-refractivity contribution >= 4 is 11.7 Å². The van der Waals surface area contributed by atoms with Crippen LogP contribution >= 0.6 is 0 Å². The van der Waals surface area contributed by atoms with E-state index < -0.39 is 0 Å². The molecule has 7 nitrogen and oxygen atoms in total. The molecule has 26 heavy (non-hydrogen) atoms. The van der Waals surface area contributed by atoms with Crippen molar-refractivity contribution in [3.8, 4) is 0 Å². The fraction of sp³-hybridized carbons (Fsp3) is 0.632. The highest BCUT2D eigenvalue weighted by atomic mass is 16.6. The van der Waals surface area contributed by atoms with Gasteiger partial charge < -0.3 is 10.2 Å². The van der Waals surface area contributed by atoms with Gasteiger partial charge in [-0.15, -0.1) is 0 Å². The smallest absolute Gasteiger partial charge is 0.317 e. The summed E-state index contributed by atoms with van der Waals surface area (Å²) in [4.78, 5) is 27.3. The summed E-state index contributed by atoms with van der Waals surface area (Å²) in [6.07, 6.45) is 6.82. The molecule has 1 heterocycles. The van der Waals surface area contributed by atoms with Gasteiger partial charge >= 0.3 is 6.03 Å². The lowest BCUT2D eigenvalue weighted by atomic mass is 9.96. The molecule has 3 rings (SSSR count). The largest absolute Gasteiger partial charge is 0.335 e. The summed E-state index contributed by atoms with van der Waals surface area (Å²) in [7, 11) is 0. The second-order valence-electron chi connectivity index (χ2n) is 7.33. The number of nitrogens with zero attached hydrogens (tertiary/aromatic N) is 3. The quantitative estimate of drug-likeness (QED) is 0.661. The normalized spacial score (nSPS) is 19.8. The molecule has 1 saturated heterocycles. The van der Waals surface area contributed by atoms with Crippen molar-refractivity contribution < 1.29 is 9.72 Å². The summed E-state index contributed by atoms with van der Waals surface area (Å²) in [5.41, 5.74) is 1.07. The van der Waals surface area contributed by atoms with E-state index in [9.17, 15) is 14.9 Å². The fourth-order valence-corrected chi connectivity index (χ4v) is 3.87. The van der Waals surface area contributed by atoms with Gasteiger partial charge in [0.2, 0.25) is 0 Å². The van der Waals surface area contributed by atoms with Gasteiger partial charge in [0.15, 0.2) is 0 Å². The first kappa shape index (κ1) is 18.6. The van der Waals surface area contributed by atoms with E-state index in [2.05, 4.69) is 10.2 Å². The Hall–Kier alpha value is -2.15. The molecule has 2 fully saturated rings. The highest BCUT2D eigenvalue weighted by Gasteiger charge is 2.22. The van der Waals surface area contributed by atoms with Gasteiger partial charge in [0.25, 0.3) is 5.69 Å². The first-order valence-electron chi connectivity index (χ1n) is 9.63. The highest BCUT2D eigenvalue weighted by Crippen LogP contribution is 2.18. The van der Waals surface area contributed by atoms with Crippen LogP contribution in [-0.2, 0) is 6.54 Å². The van der Waals surface area contributed by atoms with E-state index in [1.54, 1.807) is 12.1 Å². The molecular formula is C19H28N4O3. The van der Waals surface area contributed by atoms with Crippen LogP contribution in [0.15, 0.2) is 24.3 Å². The zero-order valence-corrected chi connectivity index (χ0v) is 15.2. The second kappa shape index (κ2) is 8.98. The zero-order valence-electron chi connectivity index (χ0n) is 15.2. The van der Waals surface area contributed by atoms with Crippen molar-refractivity contribution in [3.05, 3.63) is 39.9 Å². The number of amides is 2. The second-order valence-corrected chi connectivity index (χ2v) is 7.33. The Morgan fingerprint density at radius 1 is 1.12 bits per heavy atom. The standard InChI is InChI=1S/C19H28N4O3/c24-19(20-17-7-2-1-3-8-17)22-11-5-10-21(12-13-22)15-16-6-4-9-18(14-16)23(25)26/h4,6,9,14,17H,1-3,5,7-8,10-13,15H2,(H,20,24). The van der Waals surface area contributed by atoms with Gasteiger partial charge in [-0.3, -0.25) is 15.0 Å². The van der Waals surface area contributed by atoms with Crippen molar-refractivity contribution in [1.82, 2.24) is 15.1 Å². The molecule has 0 unspecified atom stereocenters. The molecule has 0 atom stereocenters. The van der Waals surface area contributed by atoms with Gasteiger partial charge in [0, 0.05) is 50.9 Å². The molecule has 0 spiro atoms. The minimum atomic E-state index is -0.358. The van der Waals surface area contributed by atoms with E-state index in [-0.39, 0.29) is 16.6 Å². The summed E-state index contributed by atoms with van der Waals surface area (Å²) >= 11 is 0. The molecule has 142 valence electrons. The van der Waals surface area contributed by atoms with E-state index in [1.807, 2.05) is 11.0 Å². The number of non-ortho nitro benzene ring substituents is 1. The van der Waals surface area contributed by atoms with Gasteiger partial charge in [0.05, 0.1) is 4.92 Å². The summed E-state index contributed by atoms with van der Waals surface area (Å²) in [5.74, 6) is 0. The Morgan fingerprint density at radius 2 is 1.92 bits per heavy atom. The molecule has 1 saturated carbocycles. The molecule has 1 aliphatic heterocycles. The van der Waals surface area contributed by atoms with E-state index in [0.717, 1.165) is 44.5 Å². The SMILES string of the molecule is O=C(NC1CCCCC1)N1CCCN(Cc2cccc([N+](=O)[O-])c2)CC1. The predicted molar refractivity (Wildman–Crippen MR) is 100.0 cm³/mol. The molecule has 1 aliphatic carbocycles. The predicted octanol–water partition coefficient (Wildman–Crippen LogP) is 3.14. The number of carbonyl (C=O) groups excluding carboxylic acids is 1. The topological polar surface area (TPSA) is 78.7 Å².